The molecule has 0 aliphatic heterocycles. The molecule has 0 saturated heterocycles. The van der Waals surface area contributed by atoms with Crippen LogP contribution >= 0.6 is 0 Å². The van der Waals surface area contributed by atoms with Gasteiger partial charge in [0.1, 0.15) is 6.61 Å². The SMILES string of the molecule is COCC(=O)Nc1ccc(N(C)C)c(CN(CC2CC2)C(C)=O)c1. The maximum atomic E-state index is 12.0. The van der Waals surface area contributed by atoms with Crippen molar-refractivity contribution in [1.29, 1.82) is 0 Å². The van der Waals surface area contributed by atoms with Gasteiger partial charge in [-0.15, -0.1) is 0 Å². The van der Waals surface area contributed by atoms with E-state index in [1.54, 1.807) is 6.92 Å². The molecule has 1 fully saturated rings. The number of anilines is 2. The third-order valence-electron chi connectivity index (χ3n) is 4.10. The van der Waals surface area contributed by atoms with Gasteiger partial charge >= 0.3 is 0 Å². The predicted molar refractivity (Wildman–Crippen MR) is 95.1 cm³/mol. The maximum absolute atomic E-state index is 12.0. The first kappa shape index (κ1) is 18.3. The van der Waals surface area contributed by atoms with E-state index in [0.29, 0.717) is 18.2 Å². The van der Waals surface area contributed by atoms with Gasteiger partial charge in [0, 0.05) is 52.6 Å². The van der Waals surface area contributed by atoms with Crippen LogP contribution in [-0.2, 0) is 20.9 Å². The zero-order valence-electron chi connectivity index (χ0n) is 15.0. The summed E-state index contributed by atoms with van der Waals surface area (Å²) in [5.74, 6) is 0.532. The zero-order valence-corrected chi connectivity index (χ0v) is 15.0. The lowest BCUT2D eigenvalue weighted by Crippen LogP contribution is -2.31. The molecule has 0 spiro atoms. The highest BCUT2D eigenvalue weighted by molar-refractivity contribution is 5.92. The Balaban J connectivity index is 2.19. The Hall–Kier alpha value is -2.08. The van der Waals surface area contributed by atoms with Crippen LogP contribution < -0.4 is 10.2 Å². The molecule has 1 aromatic rings. The van der Waals surface area contributed by atoms with Crippen molar-refractivity contribution >= 4 is 23.2 Å². The van der Waals surface area contributed by atoms with Gasteiger partial charge in [0.25, 0.3) is 0 Å². The van der Waals surface area contributed by atoms with Gasteiger partial charge < -0.3 is 19.9 Å². The Kier molecular flexibility index (Phi) is 6.20. The minimum absolute atomic E-state index is 0.0199. The molecule has 2 amide bonds. The molecular formula is C18H27N3O3. The van der Waals surface area contributed by atoms with Gasteiger partial charge in [0.05, 0.1) is 0 Å². The molecule has 0 aromatic heterocycles. The quantitative estimate of drug-likeness (QED) is 0.791. The number of rotatable bonds is 8. The molecule has 1 saturated carbocycles. The highest BCUT2D eigenvalue weighted by Gasteiger charge is 2.26. The standard InChI is InChI=1S/C18H27N3O3/c1-13(22)21(10-14-5-6-14)11-15-9-16(19-18(23)12-24-4)7-8-17(15)20(2)3/h7-9,14H,5-6,10-12H2,1-4H3,(H,19,23). The average Bonchev–Trinajstić information content (AvgIpc) is 3.30. The molecule has 1 aliphatic carbocycles. The molecule has 0 bridgehead atoms. The lowest BCUT2D eigenvalue weighted by molar-refractivity contribution is -0.129. The monoisotopic (exact) mass is 333 g/mol. The van der Waals surface area contributed by atoms with Crippen molar-refractivity contribution in [2.24, 2.45) is 5.92 Å². The Morgan fingerprint density at radius 2 is 2.00 bits per heavy atom. The van der Waals surface area contributed by atoms with Gasteiger partial charge in [0.2, 0.25) is 11.8 Å². The first-order valence-corrected chi connectivity index (χ1v) is 8.25. The van der Waals surface area contributed by atoms with Crippen LogP contribution in [0.1, 0.15) is 25.3 Å². The normalized spacial score (nSPS) is 13.5. The number of nitrogens with zero attached hydrogens (tertiary/aromatic N) is 2. The first-order valence-electron chi connectivity index (χ1n) is 8.25. The molecule has 0 heterocycles. The molecule has 132 valence electrons. The van der Waals surface area contributed by atoms with Crippen molar-refractivity contribution in [2.45, 2.75) is 26.3 Å². The Morgan fingerprint density at radius 3 is 2.54 bits per heavy atom. The van der Waals surface area contributed by atoms with Crippen molar-refractivity contribution in [2.75, 3.05) is 44.6 Å². The van der Waals surface area contributed by atoms with Crippen molar-refractivity contribution in [3.8, 4) is 0 Å². The van der Waals surface area contributed by atoms with E-state index < -0.39 is 0 Å². The summed E-state index contributed by atoms with van der Waals surface area (Å²) in [4.78, 5) is 27.6. The van der Waals surface area contributed by atoms with Crippen molar-refractivity contribution in [3.05, 3.63) is 23.8 Å². The van der Waals surface area contributed by atoms with Gasteiger partial charge in [0.15, 0.2) is 0 Å². The summed E-state index contributed by atoms with van der Waals surface area (Å²) in [6, 6.07) is 5.77. The number of carbonyl (C=O) groups is 2. The lowest BCUT2D eigenvalue weighted by atomic mass is 10.1. The van der Waals surface area contributed by atoms with Crippen molar-refractivity contribution in [3.63, 3.8) is 0 Å². The predicted octanol–water partition coefficient (Wildman–Crippen LogP) is 2.10. The van der Waals surface area contributed by atoms with Gasteiger partial charge in [-0.3, -0.25) is 9.59 Å². The third-order valence-corrected chi connectivity index (χ3v) is 4.10. The summed E-state index contributed by atoms with van der Waals surface area (Å²) < 4.78 is 4.84. The molecule has 1 aromatic carbocycles. The number of ether oxygens (including phenoxy) is 1. The molecule has 1 N–H and O–H groups in total. The molecule has 2 rings (SSSR count). The van der Waals surface area contributed by atoms with Gasteiger partial charge in [-0.05, 0) is 42.5 Å². The van der Waals surface area contributed by atoms with E-state index in [1.165, 1.54) is 20.0 Å². The van der Waals surface area contributed by atoms with E-state index >= 15 is 0 Å². The van der Waals surface area contributed by atoms with E-state index in [-0.39, 0.29) is 18.4 Å². The zero-order chi connectivity index (χ0) is 17.7. The fourth-order valence-corrected chi connectivity index (χ4v) is 2.68. The van der Waals surface area contributed by atoms with Gasteiger partial charge in [-0.2, -0.15) is 0 Å². The number of nitrogens with one attached hydrogen (secondary N) is 1. The summed E-state index contributed by atoms with van der Waals surface area (Å²) >= 11 is 0. The Bertz CT molecular complexity index is 597. The fourth-order valence-electron chi connectivity index (χ4n) is 2.68. The topological polar surface area (TPSA) is 61.9 Å². The van der Waals surface area contributed by atoms with E-state index in [4.69, 9.17) is 4.74 Å². The van der Waals surface area contributed by atoms with Crippen LogP contribution in [0, 0.1) is 5.92 Å². The third kappa shape index (κ3) is 5.23. The summed E-state index contributed by atoms with van der Waals surface area (Å²) in [6.07, 6.45) is 2.41. The molecule has 6 heteroatoms. The van der Waals surface area contributed by atoms with Crippen LogP contribution in [0.5, 0.6) is 0 Å². The second-order valence-electron chi connectivity index (χ2n) is 6.56. The fraction of sp³-hybridized carbons (Fsp3) is 0.556. The summed E-state index contributed by atoms with van der Waals surface area (Å²) in [5, 5.41) is 2.82. The molecule has 0 unspecified atom stereocenters. The van der Waals surface area contributed by atoms with Crippen LogP contribution in [-0.4, -0.2) is 51.1 Å². The van der Waals surface area contributed by atoms with Crippen LogP contribution in [0.3, 0.4) is 0 Å². The number of benzene rings is 1. The smallest absolute Gasteiger partial charge is 0.250 e. The molecular weight excluding hydrogens is 306 g/mol. The average molecular weight is 333 g/mol. The highest BCUT2D eigenvalue weighted by Crippen LogP contribution is 2.31. The molecule has 24 heavy (non-hydrogen) atoms. The van der Waals surface area contributed by atoms with Crippen LogP contribution in [0.2, 0.25) is 0 Å². The van der Waals surface area contributed by atoms with E-state index in [1.807, 2.05) is 42.1 Å². The maximum Gasteiger partial charge on any atom is 0.250 e. The Labute approximate surface area is 143 Å². The number of carbonyl (C=O) groups excluding carboxylic acids is 2. The largest absolute Gasteiger partial charge is 0.377 e. The summed E-state index contributed by atoms with van der Waals surface area (Å²) in [7, 11) is 5.44. The van der Waals surface area contributed by atoms with E-state index in [2.05, 4.69) is 5.32 Å². The lowest BCUT2D eigenvalue weighted by Gasteiger charge is -2.25. The number of methoxy groups -OCH3 is 1. The first-order chi connectivity index (χ1) is 11.4. The molecule has 0 radical (unpaired) electrons. The highest BCUT2D eigenvalue weighted by atomic mass is 16.5. The van der Waals surface area contributed by atoms with Crippen molar-refractivity contribution < 1.29 is 14.3 Å². The Morgan fingerprint density at radius 1 is 1.29 bits per heavy atom. The van der Waals surface area contributed by atoms with Gasteiger partial charge in [-0.1, -0.05) is 0 Å². The van der Waals surface area contributed by atoms with Crippen LogP contribution in [0.15, 0.2) is 18.2 Å². The number of amides is 2. The molecule has 6 nitrogen and oxygen atoms in total. The van der Waals surface area contributed by atoms with Crippen LogP contribution in [0.25, 0.3) is 0 Å². The van der Waals surface area contributed by atoms with E-state index in [0.717, 1.165) is 17.8 Å². The summed E-state index contributed by atoms with van der Waals surface area (Å²) in [6.45, 7) is 2.99. The number of hydrogen-bond donors (Lipinski definition) is 1. The minimum atomic E-state index is -0.192. The number of hydrogen-bond acceptors (Lipinski definition) is 4. The van der Waals surface area contributed by atoms with Gasteiger partial charge in [-0.25, -0.2) is 0 Å². The molecule has 0 atom stereocenters. The second kappa shape index (κ2) is 8.15. The minimum Gasteiger partial charge on any atom is -0.377 e. The second-order valence-corrected chi connectivity index (χ2v) is 6.56. The summed E-state index contributed by atoms with van der Waals surface area (Å²) in [5.41, 5.74) is 2.78. The molecule has 1 aliphatic rings. The van der Waals surface area contributed by atoms with Crippen molar-refractivity contribution in [1.82, 2.24) is 4.90 Å². The van der Waals surface area contributed by atoms with Crippen LogP contribution in [0.4, 0.5) is 11.4 Å². The van der Waals surface area contributed by atoms with E-state index in [9.17, 15) is 9.59 Å².